The van der Waals surface area contributed by atoms with E-state index in [4.69, 9.17) is 0 Å². The van der Waals surface area contributed by atoms with Crippen molar-refractivity contribution in [2.24, 2.45) is 0 Å². The highest BCUT2D eigenvalue weighted by molar-refractivity contribution is 7.99. The second kappa shape index (κ2) is 6.75. The molecular weight excluding hydrogens is 265 g/mol. The molecule has 0 saturated carbocycles. The van der Waals surface area contributed by atoms with Gasteiger partial charge >= 0.3 is 6.03 Å². The maximum Gasteiger partial charge on any atom is 0.321 e. The molecule has 0 aliphatic carbocycles. The van der Waals surface area contributed by atoms with Gasteiger partial charge in [0.1, 0.15) is 0 Å². The van der Waals surface area contributed by atoms with Crippen molar-refractivity contribution in [3.63, 3.8) is 0 Å². The summed E-state index contributed by atoms with van der Waals surface area (Å²) in [5.41, 5.74) is 0.185. The van der Waals surface area contributed by atoms with Gasteiger partial charge in [-0.2, -0.15) is 11.8 Å². The van der Waals surface area contributed by atoms with E-state index in [2.05, 4.69) is 16.6 Å². The van der Waals surface area contributed by atoms with Gasteiger partial charge in [-0.25, -0.2) is 9.18 Å². The quantitative estimate of drug-likeness (QED) is 0.907. The van der Waals surface area contributed by atoms with E-state index in [0.29, 0.717) is 5.25 Å². The Labute approximate surface area is 116 Å². The van der Waals surface area contributed by atoms with Crippen molar-refractivity contribution in [3.05, 3.63) is 24.3 Å². The molecule has 104 valence electrons. The number of nitrogens with zero attached hydrogens (tertiary/aromatic N) is 2. The van der Waals surface area contributed by atoms with Crippen molar-refractivity contribution < 1.29 is 9.18 Å². The number of pyridine rings is 1. The van der Waals surface area contributed by atoms with E-state index in [9.17, 15) is 9.18 Å². The summed E-state index contributed by atoms with van der Waals surface area (Å²) in [5.74, 6) is -0.507. The molecule has 0 aromatic carbocycles. The standard InChI is InChI=1S/C13H18FN3OS/c1-19-10-4-2-3-7-17(9-10)13(18)16-12-5-6-15-8-11(12)14/h5-6,8,10H,2-4,7,9H2,1H3,(H,15,16,18). The summed E-state index contributed by atoms with van der Waals surface area (Å²) in [6, 6.07) is 1.24. The molecule has 2 heterocycles. The molecule has 19 heavy (non-hydrogen) atoms. The minimum absolute atomic E-state index is 0.185. The first-order valence-electron chi connectivity index (χ1n) is 6.39. The number of rotatable bonds is 2. The van der Waals surface area contributed by atoms with Crippen LogP contribution < -0.4 is 5.32 Å². The average Bonchev–Trinajstić information content (AvgIpc) is 2.66. The number of carbonyl (C=O) groups is 1. The fourth-order valence-corrected chi connectivity index (χ4v) is 2.88. The number of nitrogens with one attached hydrogen (secondary N) is 1. The van der Waals surface area contributed by atoms with Crippen LogP contribution in [0.1, 0.15) is 19.3 Å². The van der Waals surface area contributed by atoms with E-state index in [0.717, 1.165) is 38.5 Å². The second-order valence-corrected chi connectivity index (χ2v) is 5.72. The molecule has 4 nitrogen and oxygen atoms in total. The lowest BCUT2D eigenvalue weighted by molar-refractivity contribution is 0.214. The van der Waals surface area contributed by atoms with Crippen LogP contribution in [-0.2, 0) is 0 Å². The van der Waals surface area contributed by atoms with Crippen LogP contribution in [0.4, 0.5) is 14.9 Å². The molecule has 6 heteroatoms. The molecule has 1 aliphatic rings. The number of anilines is 1. The molecule has 0 bridgehead atoms. The molecule has 1 N–H and O–H groups in total. The molecule has 2 amide bonds. The Hall–Kier alpha value is -1.30. The van der Waals surface area contributed by atoms with Gasteiger partial charge in [0, 0.05) is 24.5 Å². The van der Waals surface area contributed by atoms with Gasteiger partial charge in [-0.05, 0) is 25.2 Å². The monoisotopic (exact) mass is 283 g/mol. The molecule has 1 unspecified atom stereocenters. The summed E-state index contributed by atoms with van der Waals surface area (Å²) in [7, 11) is 0. The largest absolute Gasteiger partial charge is 0.323 e. The van der Waals surface area contributed by atoms with E-state index in [1.807, 2.05) is 0 Å². The number of carbonyl (C=O) groups excluding carboxylic acids is 1. The lowest BCUT2D eigenvalue weighted by Gasteiger charge is -2.24. The van der Waals surface area contributed by atoms with Crippen LogP contribution >= 0.6 is 11.8 Å². The zero-order valence-corrected chi connectivity index (χ0v) is 11.8. The Bertz CT molecular complexity index is 444. The van der Waals surface area contributed by atoms with Crippen molar-refractivity contribution in [2.75, 3.05) is 24.7 Å². The topological polar surface area (TPSA) is 45.2 Å². The molecule has 2 rings (SSSR count). The summed E-state index contributed by atoms with van der Waals surface area (Å²) in [4.78, 5) is 17.6. The van der Waals surface area contributed by atoms with E-state index in [1.165, 1.54) is 12.3 Å². The number of urea groups is 1. The third-order valence-corrected chi connectivity index (χ3v) is 4.31. The minimum atomic E-state index is -0.507. The zero-order chi connectivity index (χ0) is 13.7. The normalized spacial score (nSPS) is 19.9. The van der Waals surface area contributed by atoms with Crippen LogP contribution in [0.2, 0.25) is 0 Å². The number of hydrogen-bond acceptors (Lipinski definition) is 3. The fraction of sp³-hybridized carbons (Fsp3) is 0.538. The summed E-state index contributed by atoms with van der Waals surface area (Å²) in [6.07, 6.45) is 7.90. The second-order valence-electron chi connectivity index (χ2n) is 4.59. The number of aromatic nitrogens is 1. The van der Waals surface area contributed by atoms with Crippen LogP contribution in [0.3, 0.4) is 0 Å². The predicted octanol–water partition coefficient (Wildman–Crippen LogP) is 2.97. The lowest BCUT2D eigenvalue weighted by Crippen LogP contribution is -2.38. The highest BCUT2D eigenvalue weighted by Gasteiger charge is 2.21. The third kappa shape index (κ3) is 3.83. The van der Waals surface area contributed by atoms with Gasteiger partial charge in [0.05, 0.1) is 11.9 Å². The molecule has 1 aromatic heterocycles. The molecule has 1 atom stereocenters. The highest BCUT2D eigenvalue weighted by atomic mass is 32.2. The molecular formula is C13H18FN3OS. The molecule has 0 spiro atoms. The van der Waals surface area contributed by atoms with Gasteiger partial charge in [-0.3, -0.25) is 4.98 Å². The summed E-state index contributed by atoms with van der Waals surface area (Å²) >= 11 is 1.78. The maximum atomic E-state index is 13.4. The predicted molar refractivity (Wildman–Crippen MR) is 75.9 cm³/mol. The molecule has 1 saturated heterocycles. The van der Waals surface area contributed by atoms with E-state index >= 15 is 0 Å². The Kier molecular flexibility index (Phi) is 5.01. The Morgan fingerprint density at radius 3 is 3.16 bits per heavy atom. The van der Waals surface area contributed by atoms with Gasteiger partial charge in [0.15, 0.2) is 5.82 Å². The van der Waals surface area contributed by atoms with Gasteiger partial charge < -0.3 is 10.2 Å². The molecule has 1 aliphatic heterocycles. The average molecular weight is 283 g/mol. The van der Waals surface area contributed by atoms with Gasteiger partial charge in [0.2, 0.25) is 0 Å². The number of likely N-dealkylation sites (tertiary alicyclic amines) is 1. The first-order valence-corrected chi connectivity index (χ1v) is 7.67. The maximum absolute atomic E-state index is 13.4. The summed E-state index contributed by atoms with van der Waals surface area (Å²) < 4.78 is 13.4. The van der Waals surface area contributed by atoms with E-state index in [1.54, 1.807) is 16.7 Å². The number of halogens is 1. The Balaban J connectivity index is 2.00. The smallest absolute Gasteiger partial charge is 0.321 e. The van der Waals surface area contributed by atoms with Crippen molar-refractivity contribution in [2.45, 2.75) is 24.5 Å². The number of hydrogen-bond donors (Lipinski definition) is 1. The Morgan fingerprint density at radius 1 is 1.58 bits per heavy atom. The van der Waals surface area contributed by atoms with Crippen LogP contribution in [-0.4, -0.2) is 40.5 Å². The van der Waals surface area contributed by atoms with Gasteiger partial charge in [-0.15, -0.1) is 0 Å². The lowest BCUT2D eigenvalue weighted by atomic mass is 10.2. The zero-order valence-electron chi connectivity index (χ0n) is 10.9. The van der Waals surface area contributed by atoms with Gasteiger partial charge in [0.25, 0.3) is 0 Å². The first kappa shape index (κ1) is 14.1. The summed E-state index contributed by atoms with van der Waals surface area (Å²) in [5, 5.41) is 3.08. The third-order valence-electron chi connectivity index (χ3n) is 3.26. The van der Waals surface area contributed by atoms with E-state index in [-0.39, 0.29) is 11.7 Å². The number of thioether (sulfide) groups is 1. The number of amides is 2. The molecule has 0 radical (unpaired) electrons. The van der Waals surface area contributed by atoms with Crippen LogP contribution in [0.25, 0.3) is 0 Å². The van der Waals surface area contributed by atoms with Crippen LogP contribution in [0.15, 0.2) is 18.5 Å². The van der Waals surface area contributed by atoms with Crippen molar-refractivity contribution in [1.29, 1.82) is 0 Å². The molecule has 1 aromatic rings. The Morgan fingerprint density at radius 2 is 2.42 bits per heavy atom. The van der Waals surface area contributed by atoms with Crippen LogP contribution in [0.5, 0.6) is 0 Å². The van der Waals surface area contributed by atoms with E-state index < -0.39 is 5.82 Å². The SMILES string of the molecule is CSC1CCCCN(C(=O)Nc2ccncc2F)C1. The molecule has 1 fully saturated rings. The van der Waals surface area contributed by atoms with Crippen molar-refractivity contribution >= 4 is 23.5 Å². The van der Waals surface area contributed by atoms with Crippen molar-refractivity contribution in [1.82, 2.24) is 9.88 Å². The first-order chi connectivity index (χ1) is 9.20. The van der Waals surface area contributed by atoms with Crippen molar-refractivity contribution in [3.8, 4) is 0 Å². The summed E-state index contributed by atoms with van der Waals surface area (Å²) in [6.45, 7) is 1.45. The highest BCUT2D eigenvalue weighted by Crippen LogP contribution is 2.21. The van der Waals surface area contributed by atoms with Crippen LogP contribution in [0, 0.1) is 5.82 Å². The minimum Gasteiger partial charge on any atom is -0.323 e. The fourth-order valence-electron chi connectivity index (χ4n) is 2.15. The van der Waals surface area contributed by atoms with Gasteiger partial charge in [-0.1, -0.05) is 6.42 Å².